The molecule has 1 aromatic heterocycles. The monoisotopic (exact) mass is 303 g/mol. The molecule has 0 aliphatic rings. The van der Waals surface area contributed by atoms with Gasteiger partial charge in [-0.25, -0.2) is 4.98 Å². The quantitative estimate of drug-likeness (QED) is 0.767. The molecule has 0 saturated heterocycles. The first-order chi connectivity index (χ1) is 10.3. The third-order valence-electron chi connectivity index (χ3n) is 3.14. The van der Waals surface area contributed by atoms with Crippen LogP contribution < -0.4 is 10.1 Å². The Balaban J connectivity index is 1.84. The van der Waals surface area contributed by atoms with Gasteiger partial charge in [-0.2, -0.15) is 0 Å². The van der Waals surface area contributed by atoms with Crippen molar-refractivity contribution in [2.75, 3.05) is 13.2 Å². The number of aryl methyl sites for hydroxylation is 1. The van der Waals surface area contributed by atoms with Gasteiger partial charge in [0, 0.05) is 29.5 Å². The second-order valence-electron chi connectivity index (χ2n) is 6.53. The first-order valence-electron chi connectivity index (χ1n) is 7.51. The van der Waals surface area contributed by atoms with Gasteiger partial charge in [0.15, 0.2) is 0 Å². The van der Waals surface area contributed by atoms with Crippen molar-refractivity contribution in [2.45, 2.75) is 39.3 Å². The Morgan fingerprint density at radius 3 is 2.50 bits per heavy atom. The number of aliphatic hydroxyl groups excluding tert-OH is 1. The molecular weight excluding hydrogens is 278 g/mol. The SMILES string of the molecule is Cc1cnc(-c2ccc(OC[C@@H](O)CNC(C)(C)C)cc2)[nH]1. The zero-order chi connectivity index (χ0) is 16.2. The van der Waals surface area contributed by atoms with E-state index in [1.54, 1.807) is 6.20 Å². The van der Waals surface area contributed by atoms with Gasteiger partial charge >= 0.3 is 0 Å². The van der Waals surface area contributed by atoms with Gasteiger partial charge in [0.2, 0.25) is 0 Å². The molecule has 120 valence electrons. The van der Waals surface area contributed by atoms with Crippen molar-refractivity contribution in [1.29, 1.82) is 0 Å². The van der Waals surface area contributed by atoms with Crippen LogP contribution in [0, 0.1) is 6.92 Å². The highest BCUT2D eigenvalue weighted by molar-refractivity contribution is 5.56. The van der Waals surface area contributed by atoms with Crippen LogP contribution in [0.2, 0.25) is 0 Å². The van der Waals surface area contributed by atoms with Gasteiger partial charge in [-0.1, -0.05) is 0 Å². The second-order valence-corrected chi connectivity index (χ2v) is 6.53. The van der Waals surface area contributed by atoms with Gasteiger partial charge < -0.3 is 20.1 Å². The number of aromatic nitrogens is 2. The molecule has 0 saturated carbocycles. The number of imidazole rings is 1. The number of nitrogens with one attached hydrogen (secondary N) is 2. The van der Waals surface area contributed by atoms with Crippen molar-refractivity contribution in [2.24, 2.45) is 0 Å². The number of aromatic amines is 1. The molecule has 0 spiro atoms. The van der Waals surface area contributed by atoms with Crippen molar-refractivity contribution in [3.8, 4) is 17.1 Å². The lowest BCUT2D eigenvalue weighted by atomic mass is 10.1. The highest BCUT2D eigenvalue weighted by atomic mass is 16.5. The average Bonchev–Trinajstić information content (AvgIpc) is 2.89. The molecule has 1 heterocycles. The molecule has 5 heteroatoms. The van der Waals surface area contributed by atoms with Crippen molar-refractivity contribution in [1.82, 2.24) is 15.3 Å². The van der Waals surface area contributed by atoms with Crippen molar-refractivity contribution >= 4 is 0 Å². The molecule has 0 amide bonds. The molecule has 2 rings (SSSR count). The second kappa shape index (κ2) is 6.94. The number of aliphatic hydroxyl groups is 1. The maximum absolute atomic E-state index is 9.91. The van der Waals surface area contributed by atoms with E-state index in [0.29, 0.717) is 6.54 Å². The van der Waals surface area contributed by atoms with E-state index in [0.717, 1.165) is 22.8 Å². The topological polar surface area (TPSA) is 70.2 Å². The van der Waals surface area contributed by atoms with Crippen LogP contribution in [0.3, 0.4) is 0 Å². The molecule has 1 aromatic carbocycles. The van der Waals surface area contributed by atoms with Gasteiger partial charge in [-0.3, -0.25) is 0 Å². The number of nitrogens with zero attached hydrogens (tertiary/aromatic N) is 1. The molecule has 22 heavy (non-hydrogen) atoms. The minimum atomic E-state index is -0.536. The summed E-state index contributed by atoms with van der Waals surface area (Å²) >= 11 is 0. The van der Waals surface area contributed by atoms with Gasteiger partial charge in [0.05, 0.1) is 0 Å². The standard InChI is InChI=1S/C17H25N3O2/c1-12-9-18-16(20-12)13-5-7-15(8-6-13)22-11-14(21)10-19-17(2,3)4/h5-9,14,19,21H,10-11H2,1-4H3,(H,18,20)/t14-/m0/s1. The Morgan fingerprint density at radius 1 is 1.27 bits per heavy atom. The van der Waals surface area contributed by atoms with Crippen LogP contribution in [-0.2, 0) is 0 Å². The van der Waals surface area contributed by atoms with E-state index in [9.17, 15) is 5.11 Å². The number of benzene rings is 1. The van der Waals surface area contributed by atoms with Crippen molar-refractivity contribution in [3.05, 3.63) is 36.2 Å². The van der Waals surface area contributed by atoms with Crippen LogP contribution in [0.15, 0.2) is 30.5 Å². The van der Waals surface area contributed by atoms with Crippen LogP contribution >= 0.6 is 0 Å². The Labute approximate surface area is 131 Å². The van der Waals surface area contributed by atoms with Crippen molar-refractivity contribution < 1.29 is 9.84 Å². The van der Waals surface area contributed by atoms with E-state index in [-0.39, 0.29) is 12.1 Å². The number of H-pyrrole nitrogens is 1. The number of ether oxygens (including phenoxy) is 1. The van der Waals surface area contributed by atoms with Gasteiger partial charge in [0.1, 0.15) is 24.3 Å². The summed E-state index contributed by atoms with van der Waals surface area (Å²) in [5, 5.41) is 13.2. The molecule has 0 fully saturated rings. The van der Waals surface area contributed by atoms with Crippen LogP contribution in [0.4, 0.5) is 0 Å². The van der Waals surface area contributed by atoms with E-state index in [1.165, 1.54) is 0 Å². The van der Waals surface area contributed by atoms with Gasteiger partial charge in [0.25, 0.3) is 0 Å². The molecule has 2 aromatic rings. The largest absolute Gasteiger partial charge is 0.491 e. The number of hydrogen-bond donors (Lipinski definition) is 3. The summed E-state index contributed by atoms with van der Waals surface area (Å²) in [7, 11) is 0. The Morgan fingerprint density at radius 2 is 1.95 bits per heavy atom. The average molecular weight is 303 g/mol. The molecule has 5 nitrogen and oxygen atoms in total. The zero-order valence-corrected chi connectivity index (χ0v) is 13.7. The Kier molecular flexibility index (Phi) is 5.21. The van der Waals surface area contributed by atoms with Gasteiger partial charge in [-0.15, -0.1) is 0 Å². The van der Waals surface area contributed by atoms with E-state index in [4.69, 9.17) is 4.74 Å². The fourth-order valence-electron chi connectivity index (χ4n) is 1.94. The van der Waals surface area contributed by atoms with E-state index in [1.807, 2.05) is 31.2 Å². The fraction of sp³-hybridized carbons (Fsp3) is 0.471. The molecule has 0 aliphatic heterocycles. The smallest absolute Gasteiger partial charge is 0.137 e. The molecule has 0 bridgehead atoms. The van der Waals surface area contributed by atoms with Crippen LogP contribution in [0.1, 0.15) is 26.5 Å². The summed E-state index contributed by atoms with van der Waals surface area (Å²) in [5.74, 6) is 1.58. The minimum absolute atomic E-state index is 0.0101. The van der Waals surface area contributed by atoms with E-state index < -0.39 is 6.10 Å². The van der Waals surface area contributed by atoms with E-state index >= 15 is 0 Å². The van der Waals surface area contributed by atoms with E-state index in [2.05, 4.69) is 36.1 Å². The summed E-state index contributed by atoms with van der Waals surface area (Å²) in [6.07, 6.45) is 1.27. The molecule has 3 N–H and O–H groups in total. The normalized spacial score (nSPS) is 13.1. The first-order valence-corrected chi connectivity index (χ1v) is 7.51. The van der Waals surface area contributed by atoms with Crippen molar-refractivity contribution in [3.63, 3.8) is 0 Å². The highest BCUT2D eigenvalue weighted by Crippen LogP contribution is 2.19. The fourth-order valence-corrected chi connectivity index (χ4v) is 1.94. The predicted octanol–water partition coefficient (Wildman–Crippen LogP) is 2.51. The molecular formula is C17H25N3O2. The third-order valence-corrected chi connectivity index (χ3v) is 3.14. The molecule has 1 atom stereocenters. The zero-order valence-electron chi connectivity index (χ0n) is 13.7. The predicted molar refractivity (Wildman–Crippen MR) is 88.0 cm³/mol. The number of hydrogen-bond acceptors (Lipinski definition) is 4. The maximum atomic E-state index is 9.91. The molecule has 0 aliphatic carbocycles. The summed E-state index contributed by atoms with van der Waals surface area (Å²) in [6.45, 7) is 8.94. The number of rotatable bonds is 6. The van der Waals surface area contributed by atoms with Gasteiger partial charge in [-0.05, 0) is 52.0 Å². The lowest BCUT2D eigenvalue weighted by molar-refractivity contribution is 0.100. The lowest BCUT2D eigenvalue weighted by Gasteiger charge is -2.22. The summed E-state index contributed by atoms with van der Waals surface area (Å²) in [6, 6.07) is 7.68. The summed E-state index contributed by atoms with van der Waals surface area (Å²) in [5.41, 5.74) is 2.03. The third kappa shape index (κ3) is 5.16. The number of β-amino-alcohol motifs (C(OH)–C–C–N with tert-alkyl or cyclic N) is 1. The maximum Gasteiger partial charge on any atom is 0.137 e. The summed E-state index contributed by atoms with van der Waals surface area (Å²) < 4.78 is 5.61. The first kappa shape index (κ1) is 16.5. The van der Waals surface area contributed by atoms with Crippen LogP contribution in [0.25, 0.3) is 11.4 Å². The molecule has 0 unspecified atom stereocenters. The van der Waals surface area contributed by atoms with Crippen LogP contribution in [-0.4, -0.2) is 39.9 Å². The minimum Gasteiger partial charge on any atom is -0.491 e. The Bertz CT molecular complexity index is 585. The molecule has 0 radical (unpaired) electrons. The lowest BCUT2D eigenvalue weighted by Crippen LogP contribution is -2.42. The summed E-state index contributed by atoms with van der Waals surface area (Å²) in [4.78, 5) is 7.49. The van der Waals surface area contributed by atoms with Crippen LogP contribution in [0.5, 0.6) is 5.75 Å². The highest BCUT2D eigenvalue weighted by Gasteiger charge is 2.12. The Hall–Kier alpha value is -1.85.